The van der Waals surface area contributed by atoms with Gasteiger partial charge in [-0.05, 0) is 91.0 Å². The lowest BCUT2D eigenvalue weighted by molar-refractivity contribution is 0.0951. The molecule has 2 N–H and O–H groups in total. The highest BCUT2D eigenvalue weighted by Crippen LogP contribution is 2.43. The molecule has 0 radical (unpaired) electrons. The Morgan fingerprint density at radius 1 is 1.06 bits per heavy atom. The van der Waals surface area contributed by atoms with E-state index >= 15 is 4.39 Å². The lowest BCUT2D eigenvalue weighted by atomic mass is 10.00. The van der Waals surface area contributed by atoms with Gasteiger partial charge in [0.25, 0.3) is 11.5 Å². The zero-order chi connectivity index (χ0) is 34.2. The van der Waals surface area contributed by atoms with Crippen LogP contribution in [0.25, 0.3) is 32.9 Å². The van der Waals surface area contributed by atoms with E-state index in [2.05, 4.69) is 20.1 Å². The third-order valence-electron chi connectivity index (χ3n) is 8.28. The normalized spacial score (nSPS) is 12.0. The number of para-hydroxylation sites is 1. The van der Waals surface area contributed by atoms with Crippen LogP contribution >= 0.6 is 0 Å². The molecule has 0 fully saturated rings. The maximum Gasteiger partial charge on any atom is 0.274 e. The van der Waals surface area contributed by atoms with Gasteiger partial charge in [-0.25, -0.2) is 4.39 Å². The third-order valence-corrected chi connectivity index (χ3v) is 8.28. The summed E-state index contributed by atoms with van der Waals surface area (Å²) in [4.78, 5) is 33.4. The number of aromatic nitrogens is 4. The highest BCUT2D eigenvalue weighted by Gasteiger charge is 2.26. The number of carbonyl (C=O) groups excluding carboxylic acids is 1. The van der Waals surface area contributed by atoms with Gasteiger partial charge in [-0.2, -0.15) is 5.10 Å². The zero-order valence-electron chi connectivity index (χ0n) is 28.9. The van der Waals surface area contributed by atoms with Crippen LogP contribution in [-0.4, -0.2) is 76.6 Å². The summed E-state index contributed by atoms with van der Waals surface area (Å²) in [6.07, 6.45) is 2.68. The molecule has 0 saturated heterocycles. The quantitative estimate of drug-likeness (QED) is 0.169. The number of hydrogen-bond donors (Lipinski definition) is 2. The van der Waals surface area contributed by atoms with Crippen molar-refractivity contribution in [1.29, 1.82) is 0 Å². The van der Waals surface area contributed by atoms with Gasteiger partial charge in [-0.1, -0.05) is 18.2 Å². The second kappa shape index (κ2) is 13.2. The average molecular weight is 644 g/mol. The second-order valence-electron chi connectivity index (χ2n) is 13.3. The van der Waals surface area contributed by atoms with Crippen LogP contribution < -0.4 is 20.5 Å². The van der Waals surface area contributed by atoms with Gasteiger partial charge in [0.15, 0.2) is 5.82 Å². The molecular formula is C36H46FN7O3. The smallest absolute Gasteiger partial charge is 0.274 e. The molecule has 3 aromatic heterocycles. The van der Waals surface area contributed by atoms with Crippen molar-refractivity contribution in [3.8, 4) is 22.6 Å². The summed E-state index contributed by atoms with van der Waals surface area (Å²) in [5.74, 6) is 1.71. The van der Waals surface area contributed by atoms with Crippen LogP contribution in [0.1, 0.15) is 48.8 Å². The highest BCUT2D eigenvalue weighted by molar-refractivity contribution is 6.05. The number of aryl methyl sites for hydroxylation is 3. The number of benzene rings is 2. The number of amides is 1. The lowest BCUT2D eigenvalue weighted by Gasteiger charge is -2.19. The van der Waals surface area contributed by atoms with E-state index in [4.69, 9.17) is 9.84 Å². The van der Waals surface area contributed by atoms with E-state index in [9.17, 15) is 9.59 Å². The number of halogens is 1. The van der Waals surface area contributed by atoms with Crippen LogP contribution in [0.4, 0.5) is 10.2 Å². The van der Waals surface area contributed by atoms with Crippen LogP contribution in [0.15, 0.2) is 47.4 Å². The van der Waals surface area contributed by atoms with E-state index in [0.29, 0.717) is 34.3 Å². The fourth-order valence-electron chi connectivity index (χ4n) is 5.96. The molecule has 10 nitrogen and oxygen atoms in total. The third kappa shape index (κ3) is 7.05. The van der Waals surface area contributed by atoms with Crippen molar-refractivity contribution < 1.29 is 13.9 Å². The Labute approximate surface area is 275 Å². The Morgan fingerprint density at radius 2 is 1.77 bits per heavy atom. The monoisotopic (exact) mass is 643 g/mol. The first-order chi connectivity index (χ1) is 22.2. The molecule has 47 heavy (non-hydrogen) atoms. The average Bonchev–Trinajstić information content (AvgIpc) is 3.58. The molecule has 0 unspecified atom stereocenters. The summed E-state index contributed by atoms with van der Waals surface area (Å²) < 4.78 is 25.2. The predicted octanol–water partition coefficient (Wildman–Crippen LogP) is 6.18. The number of nitrogens with zero attached hydrogens (tertiary/aromatic N) is 5. The van der Waals surface area contributed by atoms with Crippen LogP contribution in [0.3, 0.4) is 0 Å². The van der Waals surface area contributed by atoms with Gasteiger partial charge in [-0.15, -0.1) is 0 Å². The maximum absolute atomic E-state index is 15.2. The molecule has 0 spiro atoms. The Kier molecular flexibility index (Phi) is 9.49. The molecule has 0 bridgehead atoms. The topological polar surface area (TPSA) is 100 Å². The van der Waals surface area contributed by atoms with Crippen molar-refractivity contribution in [2.45, 2.75) is 53.3 Å². The van der Waals surface area contributed by atoms with Crippen molar-refractivity contribution in [2.24, 2.45) is 7.05 Å². The molecular weight excluding hydrogens is 597 g/mol. The molecule has 0 aliphatic carbocycles. The minimum atomic E-state index is -1.53. The Morgan fingerprint density at radius 3 is 2.40 bits per heavy atom. The highest BCUT2D eigenvalue weighted by atomic mass is 19.1. The molecule has 0 atom stereocenters. The van der Waals surface area contributed by atoms with Gasteiger partial charge in [0.1, 0.15) is 28.4 Å². The van der Waals surface area contributed by atoms with E-state index in [1.54, 1.807) is 37.8 Å². The van der Waals surface area contributed by atoms with Gasteiger partial charge in [0, 0.05) is 55.3 Å². The van der Waals surface area contributed by atoms with E-state index in [-0.39, 0.29) is 23.7 Å². The Hall–Kier alpha value is -4.64. The van der Waals surface area contributed by atoms with Crippen LogP contribution in [0.5, 0.6) is 11.5 Å². The van der Waals surface area contributed by atoms with Crippen molar-refractivity contribution in [3.63, 3.8) is 0 Å². The van der Waals surface area contributed by atoms with Crippen LogP contribution in [0, 0.1) is 13.8 Å². The largest absolute Gasteiger partial charge is 0.456 e. The second-order valence-corrected chi connectivity index (χ2v) is 13.3. The number of hydrogen-bond acceptors (Lipinski definition) is 6. The van der Waals surface area contributed by atoms with Gasteiger partial charge in [0.05, 0.1) is 12.1 Å². The fraction of sp³-hybridized carbons (Fsp3) is 0.417. The number of ether oxygens (including phenoxy) is 1. The minimum absolute atomic E-state index is 0.0414. The Balaban J connectivity index is 1.81. The van der Waals surface area contributed by atoms with Gasteiger partial charge >= 0.3 is 0 Å². The summed E-state index contributed by atoms with van der Waals surface area (Å²) in [5, 5.41) is 9.16. The fourth-order valence-corrected chi connectivity index (χ4v) is 5.96. The number of pyridine rings is 1. The standard InChI is InChI=1S/C36H46FN7O3/c1-10-38-34(45)28-17-25-27(20-43(9)35(46)31(25)39-28)24-18-29-26(19-30(24)47-32-22(2)13-11-14-23(32)3)33(40-44(29)21-36(4,5)37)42(8)16-12-15-41(6)7/h11,13-14,17-20,39H,10,12,15-16,21H2,1-9H3,(H,38,45). The molecule has 5 rings (SSSR count). The number of nitrogens with one attached hydrogen (secondary N) is 2. The number of alkyl halides is 1. The molecule has 0 aliphatic rings. The molecule has 5 aromatic rings. The van der Waals surface area contributed by atoms with E-state index < -0.39 is 5.67 Å². The van der Waals surface area contributed by atoms with E-state index in [1.165, 1.54) is 4.57 Å². The molecule has 2 aromatic carbocycles. The first-order valence-electron chi connectivity index (χ1n) is 16.0. The maximum atomic E-state index is 15.2. The van der Waals surface area contributed by atoms with Crippen molar-refractivity contribution in [3.05, 3.63) is 69.8 Å². The number of fused-ring (bicyclic) bond motifs is 2. The Bertz CT molecular complexity index is 1980. The zero-order valence-corrected chi connectivity index (χ0v) is 28.9. The number of aromatic amines is 1. The number of anilines is 1. The molecule has 0 saturated carbocycles. The SMILES string of the molecule is CCNC(=O)c1cc2c(-c3cc4c(cc3Oc3c(C)cccc3C)c(N(C)CCCN(C)C)nn4CC(C)(C)F)cn(C)c(=O)c2[nH]1. The summed E-state index contributed by atoms with van der Waals surface area (Å²) >= 11 is 0. The van der Waals surface area contributed by atoms with Gasteiger partial charge < -0.3 is 29.4 Å². The molecule has 250 valence electrons. The van der Waals surface area contributed by atoms with E-state index in [0.717, 1.165) is 53.1 Å². The van der Waals surface area contributed by atoms with Crippen molar-refractivity contribution in [2.75, 3.05) is 45.7 Å². The number of carbonyl (C=O) groups is 1. The molecule has 0 aliphatic heterocycles. The summed E-state index contributed by atoms with van der Waals surface area (Å²) in [7, 11) is 7.78. The summed E-state index contributed by atoms with van der Waals surface area (Å²) in [6.45, 7) is 11.1. The van der Waals surface area contributed by atoms with Crippen LogP contribution in [0.2, 0.25) is 0 Å². The van der Waals surface area contributed by atoms with Gasteiger partial charge in [0.2, 0.25) is 0 Å². The first kappa shape index (κ1) is 33.7. The van der Waals surface area contributed by atoms with Crippen molar-refractivity contribution >= 4 is 33.5 Å². The van der Waals surface area contributed by atoms with Crippen molar-refractivity contribution in [1.82, 2.24) is 29.5 Å². The minimum Gasteiger partial charge on any atom is -0.456 e. The van der Waals surface area contributed by atoms with E-state index in [1.807, 2.05) is 72.2 Å². The van der Waals surface area contributed by atoms with Gasteiger partial charge in [-0.3, -0.25) is 14.3 Å². The molecule has 1 amide bonds. The number of H-pyrrole nitrogens is 1. The lowest BCUT2D eigenvalue weighted by Crippen LogP contribution is -2.25. The van der Waals surface area contributed by atoms with Crippen LogP contribution in [-0.2, 0) is 13.6 Å². The summed E-state index contributed by atoms with van der Waals surface area (Å²) in [6, 6.07) is 11.6. The molecule has 11 heteroatoms. The predicted molar refractivity (Wildman–Crippen MR) is 188 cm³/mol. The summed E-state index contributed by atoms with van der Waals surface area (Å²) in [5.41, 5.74) is 2.85. The number of rotatable bonds is 12. The molecule has 3 heterocycles. The first-order valence-corrected chi connectivity index (χ1v) is 16.0.